The lowest BCUT2D eigenvalue weighted by Gasteiger charge is -2.06. The maximum atomic E-state index is 11.8. The lowest BCUT2D eigenvalue weighted by atomic mass is 10.1. The fraction of sp³-hybridized carbons (Fsp3) is 0.267. The number of rotatable bonds is 7. The number of thiophene rings is 1. The van der Waals surface area contributed by atoms with E-state index in [4.69, 9.17) is 0 Å². The Morgan fingerprint density at radius 1 is 1.14 bits per heavy atom. The second-order valence-corrected chi connectivity index (χ2v) is 7.77. The topological polar surface area (TPSA) is 75.3 Å². The monoisotopic (exact) mass is 338 g/mol. The lowest BCUT2D eigenvalue weighted by molar-refractivity contribution is -0.120. The summed E-state index contributed by atoms with van der Waals surface area (Å²) in [6.45, 7) is 0.434. The van der Waals surface area contributed by atoms with E-state index in [-0.39, 0.29) is 11.7 Å². The third kappa shape index (κ3) is 5.25. The molecule has 0 unspecified atom stereocenters. The van der Waals surface area contributed by atoms with Gasteiger partial charge in [0, 0.05) is 11.4 Å². The zero-order valence-electron chi connectivity index (χ0n) is 12.2. The maximum Gasteiger partial charge on any atom is 0.225 e. The van der Waals surface area contributed by atoms with Crippen LogP contribution >= 0.6 is 11.3 Å². The average molecular weight is 338 g/mol. The highest BCUT2D eigenvalue weighted by Crippen LogP contribution is 2.10. The third-order valence-corrected chi connectivity index (χ3v) is 5.31. The van der Waals surface area contributed by atoms with E-state index in [2.05, 4.69) is 10.0 Å². The van der Waals surface area contributed by atoms with Crippen LogP contribution in [-0.2, 0) is 33.5 Å². The van der Waals surface area contributed by atoms with Crippen molar-refractivity contribution in [3.8, 4) is 0 Å². The average Bonchev–Trinajstić information content (AvgIpc) is 2.99. The van der Waals surface area contributed by atoms with E-state index in [0.717, 1.165) is 10.4 Å². The highest BCUT2D eigenvalue weighted by atomic mass is 32.2. The summed E-state index contributed by atoms with van der Waals surface area (Å²) in [7, 11) is -1.86. The van der Waals surface area contributed by atoms with E-state index in [1.54, 1.807) is 23.5 Å². The zero-order valence-corrected chi connectivity index (χ0v) is 13.8. The Morgan fingerprint density at radius 2 is 1.82 bits per heavy atom. The lowest BCUT2D eigenvalue weighted by Crippen LogP contribution is -2.24. The maximum absolute atomic E-state index is 11.8. The van der Waals surface area contributed by atoms with Crippen LogP contribution < -0.4 is 10.0 Å². The van der Waals surface area contributed by atoms with Gasteiger partial charge in [-0.1, -0.05) is 30.3 Å². The minimum absolute atomic E-state index is 0.0238. The van der Waals surface area contributed by atoms with Gasteiger partial charge in [-0.05, 0) is 29.6 Å². The van der Waals surface area contributed by atoms with Gasteiger partial charge in [0.2, 0.25) is 15.9 Å². The van der Waals surface area contributed by atoms with Gasteiger partial charge in [-0.25, -0.2) is 13.1 Å². The predicted molar refractivity (Wildman–Crippen MR) is 88.0 cm³/mol. The minimum atomic E-state index is -3.26. The Labute approximate surface area is 134 Å². The highest BCUT2D eigenvalue weighted by molar-refractivity contribution is 7.88. The quantitative estimate of drug-likeness (QED) is 0.806. The second-order valence-electron chi connectivity index (χ2n) is 4.81. The largest absolute Gasteiger partial charge is 0.352 e. The fourth-order valence-corrected chi connectivity index (χ4v) is 3.36. The number of amides is 1. The van der Waals surface area contributed by atoms with E-state index in [1.807, 2.05) is 29.6 Å². The summed E-state index contributed by atoms with van der Waals surface area (Å²) in [5, 5.41) is 4.80. The summed E-state index contributed by atoms with van der Waals surface area (Å²) in [4.78, 5) is 12.8. The van der Waals surface area contributed by atoms with Gasteiger partial charge in [-0.2, -0.15) is 0 Å². The second kappa shape index (κ2) is 7.53. The molecule has 118 valence electrons. The van der Waals surface area contributed by atoms with Gasteiger partial charge in [0.1, 0.15) is 0 Å². The van der Waals surface area contributed by atoms with E-state index in [1.165, 1.54) is 7.05 Å². The molecule has 0 atom stereocenters. The summed E-state index contributed by atoms with van der Waals surface area (Å²) >= 11 is 1.56. The van der Waals surface area contributed by atoms with Gasteiger partial charge < -0.3 is 5.32 Å². The predicted octanol–water partition coefficient (Wildman–Crippen LogP) is 1.66. The van der Waals surface area contributed by atoms with Crippen molar-refractivity contribution in [1.82, 2.24) is 10.0 Å². The number of nitrogens with one attached hydrogen (secondary N) is 2. The first-order valence-electron chi connectivity index (χ1n) is 6.76. The number of hydrogen-bond acceptors (Lipinski definition) is 4. The molecular formula is C15H18N2O3S2. The molecule has 1 amide bonds. The van der Waals surface area contributed by atoms with Gasteiger partial charge >= 0.3 is 0 Å². The molecule has 0 radical (unpaired) electrons. The Bertz CT molecular complexity index is 708. The first kappa shape index (κ1) is 16.7. The van der Waals surface area contributed by atoms with Crippen molar-refractivity contribution in [2.75, 3.05) is 7.05 Å². The molecule has 1 heterocycles. The van der Waals surface area contributed by atoms with E-state index >= 15 is 0 Å². The summed E-state index contributed by atoms with van der Waals surface area (Å²) in [6, 6.07) is 11.0. The molecule has 0 spiro atoms. The Balaban J connectivity index is 1.85. The summed E-state index contributed by atoms with van der Waals surface area (Å²) in [6.07, 6.45) is 0.385. The van der Waals surface area contributed by atoms with Crippen molar-refractivity contribution in [2.24, 2.45) is 0 Å². The van der Waals surface area contributed by atoms with Gasteiger partial charge in [0.25, 0.3) is 0 Å². The van der Waals surface area contributed by atoms with Gasteiger partial charge in [0.15, 0.2) is 0 Å². The zero-order chi connectivity index (χ0) is 16.0. The molecule has 22 heavy (non-hydrogen) atoms. The van der Waals surface area contributed by atoms with Gasteiger partial charge in [0.05, 0.1) is 12.2 Å². The van der Waals surface area contributed by atoms with Crippen molar-refractivity contribution in [3.05, 3.63) is 57.8 Å². The van der Waals surface area contributed by atoms with Crippen molar-refractivity contribution < 1.29 is 13.2 Å². The molecule has 0 aliphatic carbocycles. The van der Waals surface area contributed by atoms with Crippen molar-refractivity contribution in [1.29, 1.82) is 0 Å². The molecule has 1 aromatic carbocycles. The van der Waals surface area contributed by atoms with Crippen LogP contribution in [0.15, 0.2) is 41.8 Å². The van der Waals surface area contributed by atoms with Crippen LogP contribution in [0, 0.1) is 0 Å². The van der Waals surface area contributed by atoms with E-state index < -0.39 is 10.0 Å². The third-order valence-electron chi connectivity index (χ3n) is 3.10. The number of sulfonamides is 1. The Morgan fingerprint density at radius 3 is 2.41 bits per heavy atom. The molecular weight excluding hydrogens is 320 g/mol. The number of hydrogen-bond donors (Lipinski definition) is 2. The standard InChI is InChI=1S/C15H18N2O3S2/c1-16-22(19,20)11-13-6-4-12(5-7-13)10-17-15(18)9-14-3-2-8-21-14/h2-8,16H,9-11H2,1H3,(H,17,18). The molecule has 0 fully saturated rings. The van der Waals surface area contributed by atoms with Crippen LogP contribution in [0.4, 0.5) is 0 Å². The fourth-order valence-electron chi connectivity index (χ4n) is 1.88. The first-order chi connectivity index (χ1) is 10.5. The SMILES string of the molecule is CNS(=O)(=O)Cc1ccc(CNC(=O)Cc2cccs2)cc1. The van der Waals surface area contributed by atoms with Crippen LogP contribution in [-0.4, -0.2) is 21.4 Å². The van der Waals surface area contributed by atoms with Gasteiger partial charge in [-0.3, -0.25) is 4.79 Å². The van der Waals surface area contributed by atoms with Crippen LogP contribution in [0.5, 0.6) is 0 Å². The number of benzene rings is 1. The summed E-state index contributed by atoms with van der Waals surface area (Å²) < 4.78 is 25.2. The molecule has 1 aromatic heterocycles. The van der Waals surface area contributed by atoms with E-state index in [0.29, 0.717) is 18.5 Å². The number of carbonyl (C=O) groups excluding carboxylic acids is 1. The van der Waals surface area contributed by atoms with Crippen molar-refractivity contribution in [3.63, 3.8) is 0 Å². The number of carbonyl (C=O) groups is 1. The van der Waals surface area contributed by atoms with Crippen molar-refractivity contribution >= 4 is 27.3 Å². The Hall–Kier alpha value is -1.70. The van der Waals surface area contributed by atoms with Crippen LogP contribution in [0.25, 0.3) is 0 Å². The molecule has 7 heteroatoms. The molecule has 0 saturated carbocycles. The molecule has 2 rings (SSSR count). The Kier molecular flexibility index (Phi) is 5.70. The van der Waals surface area contributed by atoms with E-state index in [9.17, 15) is 13.2 Å². The molecule has 0 aliphatic heterocycles. The molecule has 2 aromatic rings. The smallest absolute Gasteiger partial charge is 0.225 e. The minimum Gasteiger partial charge on any atom is -0.352 e. The van der Waals surface area contributed by atoms with Crippen LogP contribution in [0.3, 0.4) is 0 Å². The molecule has 0 aliphatic rings. The van der Waals surface area contributed by atoms with Crippen molar-refractivity contribution in [2.45, 2.75) is 18.7 Å². The normalized spacial score (nSPS) is 11.3. The summed E-state index contributed by atoms with van der Waals surface area (Å²) in [5.41, 5.74) is 1.65. The molecule has 5 nitrogen and oxygen atoms in total. The molecule has 0 bridgehead atoms. The highest BCUT2D eigenvalue weighted by Gasteiger charge is 2.08. The van der Waals surface area contributed by atoms with Gasteiger partial charge in [-0.15, -0.1) is 11.3 Å². The summed E-state index contributed by atoms with van der Waals surface area (Å²) in [5.74, 6) is -0.0709. The van der Waals surface area contributed by atoms with Crippen LogP contribution in [0.2, 0.25) is 0 Å². The first-order valence-corrected chi connectivity index (χ1v) is 9.30. The molecule has 0 saturated heterocycles. The van der Waals surface area contributed by atoms with Crippen LogP contribution in [0.1, 0.15) is 16.0 Å². The molecule has 2 N–H and O–H groups in total.